The van der Waals surface area contributed by atoms with Crippen LogP contribution < -0.4 is 0 Å². The van der Waals surface area contributed by atoms with Gasteiger partial charge in [0.1, 0.15) is 5.78 Å². The van der Waals surface area contributed by atoms with Crippen LogP contribution in [-0.2, 0) is 9.53 Å². The van der Waals surface area contributed by atoms with Crippen molar-refractivity contribution in [1.29, 1.82) is 0 Å². The third kappa shape index (κ3) is 10.2. The van der Waals surface area contributed by atoms with Crippen molar-refractivity contribution in [3.8, 4) is 0 Å². The highest BCUT2D eigenvalue weighted by Crippen LogP contribution is 2.06. The maximum atomic E-state index is 11.3. The highest BCUT2D eigenvalue weighted by atomic mass is 16.5. The summed E-state index contributed by atoms with van der Waals surface area (Å²) in [5, 5.41) is 0. The van der Waals surface area contributed by atoms with Crippen LogP contribution in [0.2, 0.25) is 0 Å². The standard InChI is InChI=1S/C14H28O2/c1-12(2)9-11-16-10-7-5-6-8-14(15)13(3)4/h12-13H,5-11H2,1-4H3. The average molecular weight is 228 g/mol. The number of ketones is 1. The van der Waals surface area contributed by atoms with E-state index >= 15 is 0 Å². The van der Waals surface area contributed by atoms with Gasteiger partial charge in [-0.3, -0.25) is 4.79 Å². The molecule has 2 heteroatoms. The van der Waals surface area contributed by atoms with Gasteiger partial charge in [0.15, 0.2) is 0 Å². The highest BCUT2D eigenvalue weighted by molar-refractivity contribution is 5.80. The zero-order chi connectivity index (χ0) is 12.4. The first kappa shape index (κ1) is 15.6. The van der Waals surface area contributed by atoms with Gasteiger partial charge in [0.25, 0.3) is 0 Å². The van der Waals surface area contributed by atoms with Gasteiger partial charge in [-0.05, 0) is 25.2 Å². The minimum Gasteiger partial charge on any atom is -0.381 e. The maximum Gasteiger partial charge on any atom is 0.135 e. The van der Waals surface area contributed by atoms with Crippen LogP contribution in [0.15, 0.2) is 0 Å². The summed E-state index contributed by atoms with van der Waals surface area (Å²) in [7, 11) is 0. The van der Waals surface area contributed by atoms with E-state index in [1.807, 2.05) is 13.8 Å². The number of ether oxygens (including phenoxy) is 1. The maximum absolute atomic E-state index is 11.3. The molecule has 96 valence electrons. The van der Waals surface area contributed by atoms with E-state index in [0.717, 1.165) is 51.2 Å². The van der Waals surface area contributed by atoms with Crippen LogP contribution in [0.25, 0.3) is 0 Å². The summed E-state index contributed by atoms with van der Waals surface area (Å²) in [5.74, 6) is 1.31. The van der Waals surface area contributed by atoms with Crippen LogP contribution in [-0.4, -0.2) is 19.0 Å². The Morgan fingerprint density at radius 1 is 1.00 bits per heavy atom. The van der Waals surface area contributed by atoms with Crippen molar-refractivity contribution in [2.24, 2.45) is 11.8 Å². The molecule has 2 nitrogen and oxygen atoms in total. The number of unbranched alkanes of at least 4 members (excludes halogenated alkanes) is 2. The molecule has 0 saturated heterocycles. The Hall–Kier alpha value is -0.370. The molecule has 0 spiro atoms. The zero-order valence-corrected chi connectivity index (χ0v) is 11.4. The molecular weight excluding hydrogens is 200 g/mol. The molecule has 0 N–H and O–H groups in total. The monoisotopic (exact) mass is 228 g/mol. The Kier molecular flexibility index (Phi) is 9.60. The lowest BCUT2D eigenvalue weighted by Crippen LogP contribution is -2.06. The lowest BCUT2D eigenvalue weighted by molar-refractivity contribution is -0.122. The van der Waals surface area contributed by atoms with Gasteiger partial charge in [-0.1, -0.05) is 34.1 Å². The molecule has 0 heterocycles. The second-order valence-corrected chi connectivity index (χ2v) is 5.23. The molecule has 0 aromatic carbocycles. The van der Waals surface area contributed by atoms with Gasteiger partial charge in [0.2, 0.25) is 0 Å². The summed E-state index contributed by atoms with van der Waals surface area (Å²) in [6.45, 7) is 10.1. The van der Waals surface area contributed by atoms with Gasteiger partial charge in [-0.15, -0.1) is 0 Å². The normalized spacial score (nSPS) is 11.4. The Morgan fingerprint density at radius 2 is 1.69 bits per heavy atom. The van der Waals surface area contributed by atoms with Gasteiger partial charge in [-0.25, -0.2) is 0 Å². The Morgan fingerprint density at radius 3 is 2.25 bits per heavy atom. The molecule has 0 fully saturated rings. The fraction of sp³-hybridized carbons (Fsp3) is 0.929. The summed E-state index contributed by atoms with van der Waals surface area (Å²) in [6, 6.07) is 0. The van der Waals surface area contributed by atoms with Crippen molar-refractivity contribution in [2.45, 2.75) is 59.8 Å². The van der Waals surface area contributed by atoms with Crippen LogP contribution in [0.4, 0.5) is 0 Å². The summed E-state index contributed by atoms with van der Waals surface area (Å²) in [4.78, 5) is 11.3. The van der Waals surface area contributed by atoms with Gasteiger partial charge >= 0.3 is 0 Å². The molecule has 0 aromatic heterocycles. The fourth-order valence-electron chi connectivity index (χ4n) is 1.39. The van der Waals surface area contributed by atoms with Gasteiger partial charge in [-0.2, -0.15) is 0 Å². The molecule has 0 unspecified atom stereocenters. The zero-order valence-electron chi connectivity index (χ0n) is 11.4. The number of hydrogen-bond donors (Lipinski definition) is 0. The van der Waals surface area contributed by atoms with Crippen molar-refractivity contribution >= 4 is 5.78 Å². The minimum absolute atomic E-state index is 0.197. The highest BCUT2D eigenvalue weighted by Gasteiger charge is 2.05. The van der Waals surface area contributed by atoms with Crippen molar-refractivity contribution in [1.82, 2.24) is 0 Å². The first-order valence-corrected chi connectivity index (χ1v) is 6.64. The number of Topliss-reactive ketones (excluding diaryl/α,β-unsaturated/α-hetero) is 1. The molecule has 0 aliphatic carbocycles. The number of carbonyl (C=O) groups excluding carboxylic acids is 1. The van der Waals surface area contributed by atoms with E-state index in [4.69, 9.17) is 4.74 Å². The third-order valence-corrected chi connectivity index (χ3v) is 2.70. The van der Waals surface area contributed by atoms with Crippen molar-refractivity contribution < 1.29 is 9.53 Å². The number of rotatable bonds is 10. The van der Waals surface area contributed by atoms with Crippen LogP contribution >= 0.6 is 0 Å². The summed E-state index contributed by atoms with van der Waals surface area (Å²) in [6.07, 6.45) is 5.10. The molecule has 0 radical (unpaired) electrons. The summed E-state index contributed by atoms with van der Waals surface area (Å²) >= 11 is 0. The molecule has 0 aromatic rings. The van der Waals surface area contributed by atoms with Crippen LogP contribution in [0.5, 0.6) is 0 Å². The lowest BCUT2D eigenvalue weighted by Gasteiger charge is -2.06. The molecule has 0 amide bonds. The molecule has 0 saturated carbocycles. The van der Waals surface area contributed by atoms with Crippen molar-refractivity contribution in [3.05, 3.63) is 0 Å². The number of hydrogen-bond acceptors (Lipinski definition) is 2. The van der Waals surface area contributed by atoms with E-state index in [2.05, 4.69) is 13.8 Å². The van der Waals surface area contributed by atoms with E-state index in [1.54, 1.807) is 0 Å². The molecular formula is C14H28O2. The van der Waals surface area contributed by atoms with Crippen LogP contribution in [0.3, 0.4) is 0 Å². The van der Waals surface area contributed by atoms with Crippen molar-refractivity contribution in [3.63, 3.8) is 0 Å². The third-order valence-electron chi connectivity index (χ3n) is 2.70. The van der Waals surface area contributed by atoms with Gasteiger partial charge in [0.05, 0.1) is 0 Å². The van der Waals surface area contributed by atoms with E-state index < -0.39 is 0 Å². The lowest BCUT2D eigenvalue weighted by atomic mass is 10.0. The predicted octanol–water partition coefficient (Wildman–Crippen LogP) is 3.83. The molecule has 0 bridgehead atoms. The van der Waals surface area contributed by atoms with E-state index in [9.17, 15) is 4.79 Å². The topological polar surface area (TPSA) is 26.3 Å². The summed E-state index contributed by atoms with van der Waals surface area (Å²) in [5.41, 5.74) is 0. The second kappa shape index (κ2) is 9.83. The van der Waals surface area contributed by atoms with Crippen LogP contribution in [0.1, 0.15) is 59.8 Å². The molecule has 0 aliphatic heterocycles. The van der Waals surface area contributed by atoms with E-state index in [1.165, 1.54) is 0 Å². The Labute approximate surface area is 101 Å². The first-order chi connectivity index (χ1) is 7.54. The minimum atomic E-state index is 0.197. The van der Waals surface area contributed by atoms with Gasteiger partial charge < -0.3 is 4.74 Å². The van der Waals surface area contributed by atoms with Crippen molar-refractivity contribution in [2.75, 3.05) is 13.2 Å². The number of carbonyl (C=O) groups is 1. The SMILES string of the molecule is CC(C)CCOCCCCCC(=O)C(C)C. The Bertz CT molecular complexity index is 174. The first-order valence-electron chi connectivity index (χ1n) is 6.64. The molecule has 16 heavy (non-hydrogen) atoms. The molecule has 0 rings (SSSR count). The largest absolute Gasteiger partial charge is 0.381 e. The summed E-state index contributed by atoms with van der Waals surface area (Å²) < 4.78 is 5.51. The Balaban J connectivity index is 3.13. The second-order valence-electron chi connectivity index (χ2n) is 5.23. The molecule has 0 atom stereocenters. The average Bonchev–Trinajstić information content (AvgIpc) is 2.21. The van der Waals surface area contributed by atoms with Crippen LogP contribution in [0, 0.1) is 11.8 Å². The quantitative estimate of drug-likeness (QED) is 0.531. The van der Waals surface area contributed by atoms with E-state index in [0.29, 0.717) is 5.78 Å². The fourth-order valence-corrected chi connectivity index (χ4v) is 1.39. The van der Waals surface area contributed by atoms with E-state index in [-0.39, 0.29) is 5.92 Å². The smallest absolute Gasteiger partial charge is 0.135 e. The van der Waals surface area contributed by atoms with Gasteiger partial charge in [0, 0.05) is 25.6 Å². The molecule has 0 aliphatic rings. The predicted molar refractivity (Wildman–Crippen MR) is 68.6 cm³/mol.